The zero-order valence-corrected chi connectivity index (χ0v) is 13.6. The van der Waals surface area contributed by atoms with Gasteiger partial charge in [-0.2, -0.15) is 5.26 Å². The first-order chi connectivity index (χ1) is 10.6. The van der Waals surface area contributed by atoms with Crippen molar-refractivity contribution in [1.82, 2.24) is 0 Å². The van der Waals surface area contributed by atoms with Gasteiger partial charge in [-0.15, -0.1) is 0 Å². The summed E-state index contributed by atoms with van der Waals surface area (Å²) in [5.41, 5.74) is 3.03. The topological polar surface area (TPSA) is 42.2 Å². The molecule has 0 aliphatic heterocycles. The monoisotopic (exact) mass is 315 g/mol. The van der Waals surface area contributed by atoms with Crippen LogP contribution in [0.2, 0.25) is 5.02 Å². The first kappa shape index (κ1) is 16.2. The average molecular weight is 316 g/mol. The molecule has 3 nitrogen and oxygen atoms in total. The van der Waals surface area contributed by atoms with E-state index in [0.717, 1.165) is 22.4 Å². The fourth-order valence-electron chi connectivity index (χ4n) is 2.42. The molecule has 0 aromatic heterocycles. The van der Waals surface area contributed by atoms with E-state index >= 15 is 0 Å². The normalized spacial score (nSPS) is 11.6. The van der Waals surface area contributed by atoms with Crippen molar-refractivity contribution in [3.63, 3.8) is 0 Å². The number of rotatable bonds is 5. The molecule has 0 amide bonds. The molecule has 4 heteroatoms. The number of benzene rings is 2. The van der Waals surface area contributed by atoms with Gasteiger partial charge in [0.05, 0.1) is 31.2 Å². The maximum atomic E-state index is 9.53. The Morgan fingerprint density at radius 1 is 1.09 bits per heavy atom. The highest BCUT2D eigenvalue weighted by Gasteiger charge is 2.16. The summed E-state index contributed by atoms with van der Waals surface area (Å²) in [6.07, 6.45) is 0.573. The van der Waals surface area contributed by atoms with Crippen LogP contribution in [0.4, 0.5) is 0 Å². The molecule has 0 fully saturated rings. The molecule has 0 aliphatic carbocycles. The first-order valence-corrected chi connectivity index (χ1v) is 7.33. The van der Waals surface area contributed by atoms with E-state index in [1.165, 1.54) is 0 Å². The molecule has 2 aromatic carbocycles. The highest BCUT2D eigenvalue weighted by atomic mass is 35.5. The third-order valence-corrected chi connectivity index (χ3v) is 3.89. The van der Waals surface area contributed by atoms with Crippen LogP contribution >= 0.6 is 11.6 Å². The van der Waals surface area contributed by atoms with Crippen LogP contribution in [0, 0.1) is 18.3 Å². The number of aryl methyl sites for hydroxylation is 1. The van der Waals surface area contributed by atoms with Crippen LogP contribution in [0.25, 0.3) is 0 Å². The van der Waals surface area contributed by atoms with Gasteiger partial charge in [0, 0.05) is 0 Å². The van der Waals surface area contributed by atoms with E-state index in [4.69, 9.17) is 21.1 Å². The summed E-state index contributed by atoms with van der Waals surface area (Å²) in [6.45, 7) is 2.02. The Hall–Kier alpha value is -2.18. The Labute approximate surface area is 136 Å². The molecule has 0 radical (unpaired) electrons. The lowest BCUT2D eigenvalue weighted by atomic mass is 9.92. The summed E-state index contributed by atoms with van der Waals surface area (Å²) in [4.78, 5) is 0. The smallest absolute Gasteiger partial charge is 0.137 e. The maximum absolute atomic E-state index is 9.53. The van der Waals surface area contributed by atoms with Crippen molar-refractivity contribution in [3.05, 3.63) is 58.1 Å². The Balaban J connectivity index is 2.32. The van der Waals surface area contributed by atoms with E-state index in [1.807, 2.05) is 31.2 Å². The van der Waals surface area contributed by atoms with Crippen molar-refractivity contribution in [2.45, 2.75) is 19.3 Å². The van der Waals surface area contributed by atoms with E-state index in [2.05, 4.69) is 6.07 Å². The van der Waals surface area contributed by atoms with Crippen molar-refractivity contribution >= 4 is 11.6 Å². The summed E-state index contributed by atoms with van der Waals surface area (Å²) >= 11 is 6.16. The lowest BCUT2D eigenvalue weighted by molar-refractivity contribution is 0.409. The molecule has 1 unspecified atom stereocenters. The van der Waals surface area contributed by atoms with Gasteiger partial charge < -0.3 is 9.47 Å². The molecule has 0 N–H and O–H groups in total. The van der Waals surface area contributed by atoms with Crippen molar-refractivity contribution in [2.75, 3.05) is 14.2 Å². The molecule has 0 spiro atoms. The molecule has 0 heterocycles. The molecule has 0 bridgehead atoms. The molecule has 0 saturated carbocycles. The van der Waals surface area contributed by atoms with Crippen molar-refractivity contribution in [2.24, 2.45) is 0 Å². The van der Waals surface area contributed by atoms with Crippen molar-refractivity contribution in [3.8, 4) is 17.6 Å². The first-order valence-electron chi connectivity index (χ1n) is 6.95. The molecular weight excluding hydrogens is 298 g/mol. The quantitative estimate of drug-likeness (QED) is 0.815. The molecule has 2 aromatic rings. The zero-order chi connectivity index (χ0) is 16.1. The molecule has 1 atom stereocenters. The number of nitrogens with zero attached hydrogens (tertiary/aromatic N) is 1. The van der Waals surface area contributed by atoms with Gasteiger partial charge >= 0.3 is 0 Å². The fraction of sp³-hybridized carbons (Fsp3) is 0.278. The second kappa shape index (κ2) is 7.20. The summed E-state index contributed by atoms with van der Waals surface area (Å²) in [7, 11) is 3.21. The Bertz CT molecular complexity index is 707. The van der Waals surface area contributed by atoms with Gasteiger partial charge in [0.2, 0.25) is 0 Å². The SMILES string of the molecule is COc1ccc(C(C#N)Cc2cc(C)ccc2OC)cc1Cl. The van der Waals surface area contributed by atoms with Crippen LogP contribution in [0.15, 0.2) is 36.4 Å². The number of ether oxygens (including phenoxy) is 2. The Morgan fingerprint density at radius 2 is 1.77 bits per heavy atom. The van der Waals surface area contributed by atoms with E-state index in [-0.39, 0.29) is 5.92 Å². The van der Waals surface area contributed by atoms with Crippen molar-refractivity contribution in [1.29, 1.82) is 5.26 Å². The molecule has 22 heavy (non-hydrogen) atoms. The number of halogens is 1. The predicted octanol–water partition coefficient (Wildman–Crippen LogP) is 4.52. The predicted molar refractivity (Wildman–Crippen MR) is 87.8 cm³/mol. The standard InChI is InChI=1S/C18H18ClNO2/c1-12-4-6-17(21-2)14(8-12)9-15(11-20)13-5-7-18(22-3)16(19)10-13/h4-8,10,15H,9H2,1-3H3. The van der Waals surface area contributed by atoms with Crippen LogP contribution in [-0.4, -0.2) is 14.2 Å². The number of hydrogen-bond donors (Lipinski definition) is 0. The second-order valence-corrected chi connectivity index (χ2v) is 5.50. The van der Waals surface area contributed by atoms with Gasteiger partial charge in [0.15, 0.2) is 0 Å². The highest BCUT2D eigenvalue weighted by Crippen LogP contribution is 2.31. The third-order valence-electron chi connectivity index (χ3n) is 3.59. The van der Waals surface area contributed by atoms with E-state index in [0.29, 0.717) is 17.2 Å². The lowest BCUT2D eigenvalue weighted by Gasteiger charge is -2.14. The maximum Gasteiger partial charge on any atom is 0.137 e. The van der Waals surface area contributed by atoms with Crippen LogP contribution in [0.1, 0.15) is 22.6 Å². The number of nitriles is 1. The minimum absolute atomic E-state index is 0.292. The average Bonchev–Trinajstić information content (AvgIpc) is 2.52. The molecule has 0 aliphatic rings. The third kappa shape index (κ3) is 3.52. The zero-order valence-electron chi connectivity index (χ0n) is 12.9. The summed E-state index contributed by atoms with van der Waals surface area (Å²) in [5, 5.41) is 10.0. The Kier molecular flexibility index (Phi) is 5.30. The van der Waals surface area contributed by atoms with Crippen LogP contribution in [0.5, 0.6) is 11.5 Å². The summed E-state index contributed by atoms with van der Waals surface area (Å²) < 4.78 is 10.5. The molecular formula is C18H18ClNO2. The van der Waals surface area contributed by atoms with Crippen LogP contribution in [0.3, 0.4) is 0 Å². The van der Waals surface area contributed by atoms with E-state index in [9.17, 15) is 5.26 Å². The number of hydrogen-bond acceptors (Lipinski definition) is 3. The van der Waals surface area contributed by atoms with Gasteiger partial charge in [0.1, 0.15) is 11.5 Å². The molecule has 2 rings (SSSR count). The second-order valence-electron chi connectivity index (χ2n) is 5.10. The summed E-state index contributed by atoms with van der Waals surface area (Å²) in [5.74, 6) is 1.11. The molecule has 114 valence electrons. The highest BCUT2D eigenvalue weighted by molar-refractivity contribution is 6.32. The van der Waals surface area contributed by atoms with Crippen LogP contribution in [-0.2, 0) is 6.42 Å². The number of methoxy groups -OCH3 is 2. The minimum Gasteiger partial charge on any atom is -0.496 e. The van der Waals surface area contributed by atoms with Gasteiger partial charge in [0.25, 0.3) is 0 Å². The minimum atomic E-state index is -0.292. The van der Waals surface area contributed by atoms with Gasteiger partial charge in [-0.05, 0) is 42.7 Å². The fourth-order valence-corrected chi connectivity index (χ4v) is 2.69. The summed E-state index contributed by atoms with van der Waals surface area (Å²) in [6, 6.07) is 13.8. The van der Waals surface area contributed by atoms with Gasteiger partial charge in [-0.3, -0.25) is 0 Å². The molecule has 0 saturated heterocycles. The van der Waals surface area contributed by atoms with Crippen molar-refractivity contribution < 1.29 is 9.47 Å². The van der Waals surface area contributed by atoms with Gasteiger partial charge in [-0.1, -0.05) is 35.4 Å². The van der Waals surface area contributed by atoms with Crippen LogP contribution < -0.4 is 9.47 Å². The largest absolute Gasteiger partial charge is 0.496 e. The lowest BCUT2D eigenvalue weighted by Crippen LogP contribution is -2.03. The Morgan fingerprint density at radius 3 is 2.36 bits per heavy atom. The van der Waals surface area contributed by atoms with E-state index < -0.39 is 0 Å². The van der Waals surface area contributed by atoms with Gasteiger partial charge in [-0.25, -0.2) is 0 Å². The van der Waals surface area contributed by atoms with E-state index in [1.54, 1.807) is 26.4 Å².